The molecule has 2 aromatic rings. The maximum absolute atomic E-state index is 12.3. The number of aryl methyl sites for hydroxylation is 1. The average molecular weight is 314 g/mol. The molecule has 0 spiro atoms. The first-order valence-corrected chi connectivity index (χ1v) is 5.91. The summed E-state index contributed by atoms with van der Waals surface area (Å²) in [6, 6.07) is 5.39. The van der Waals surface area contributed by atoms with Crippen molar-refractivity contribution in [2.75, 3.05) is 0 Å². The number of ether oxygens (including phenoxy) is 1. The Hall–Kier alpha value is -2.84. The second-order valence-electron chi connectivity index (χ2n) is 4.15. The fraction of sp³-hybridized carbons (Fsp3) is 0.154. The molecule has 0 fully saturated rings. The summed E-state index contributed by atoms with van der Waals surface area (Å²) in [4.78, 5) is 10.2. The first kappa shape index (κ1) is 15.5. The van der Waals surface area contributed by atoms with E-state index in [9.17, 15) is 23.3 Å². The third kappa shape index (κ3) is 3.62. The Morgan fingerprint density at radius 1 is 1.32 bits per heavy atom. The first-order chi connectivity index (χ1) is 10.3. The lowest BCUT2D eigenvalue weighted by molar-refractivity contribution is -0.386. The highest BCUT2D eigenvalue weighted by Gasteiger charge is 2.31. The Bertz CT molecular complexity index is 722. The van der Waals surface area contributed by atoms with Crippen LogP contribution in [0.1, 0.15) is 17.0 Å². The molecular formula is C13H9F3N2O4. The summed E-state index contributed by atoms with van der Waals surface area (Å²) in [7, 11) is 0. The Kier molecular flexibility index (Phi) is 4.15. The minimum Gasteiger partial charge on any atom is -0.405 e. The highest BCUT2D eigenvalue weighted by molar-refractivity contribution is 5.74. The molecule has 22 heavy (non-hydrogen) atoms. The monoisotopic (exact) mass is 314 g/mol. The van der Waals surface area contributed by atoms with Crippen molar-refractivity contribution in [3.8, 4) is 5.75 Å². The standard InChI is InChI=1S/C13H9F3N2O4/c1-8-12(18(19)20)10(17-22-8)7-6-9-4-2-3-5-11(9)21-13(14,15)16/h2-7H,1H3/b7-6+. The summed E-state index contributed by atoms with van der Waals surface area (Å²) >= 11 is 0. The summed E-state index contributed by atoms with van der Waals surface area (Å²) in [5.74, 6) is -0.418. The highest BCUT2D eigenvalue weighted by Crippen LogP contribution is 2.29. The zero-order valence-electron chi connectivity index (χ0n) is 11.1. The van der Waals surface area contributed by atoms with Gasteiger partial charge in [0.2, 0.25) is 5.76 Å². The van der Waals surface area contributed by atoms with Crippen molar-refractivity contribution in [3.63, 3.8) is 0 Å². The van der Waals surface area contributed by atoms with Gasteiger partial charge in [-0.3, -0.25) is 10.1 Å². The van der Waals surface area contributed by atoms with Crippen molar-refractivity contribution in [3.05, 3.63) is 51.4 Å². The number of hydrogen-bond acceptors (Lipinski definition) is 5. The van der Waals surface area contributed by atoms with Crippen LogP contribution in [-0.4, -0.2) is 16.4 Å². The van der Waals surface area contributed by atoms with Crippen LogP contribution in [0.4, 0.5) is 18.9 Å². The molecule has 0 saturated heterocycles. The van der Waals surface area contributed by atoms with Crippen LogP contribution >= 0.6 is 0 Å². The zero-order chi connectivity index (χ0) is 16.3. The van der Waals surface area contributed by atoms with Gasteiger partial charge >= 0.3 is 12.0 Å². The predicted molar refractivity (Wildman–Crippen MR) is 69.9 cm³/mol. The molecule has 2 rings (SSSR count). The second kappa shape index (κ2) is 5.88. The van der Waals surface area contributed by atoms with Gasteiger partial charge in [0, 0.05) is 12.5 Å². The van der Waals surface area contributed by atoms with Crippen molar-refractivity contribution in [2.24, 2.45) is 0 Å². The smallest absolute Gasteiger partial charge is 0.405 e. The molecular weight excluding hydrogens is 305 g/mol. The van der Waals surface area contributed by atoms with Crippen LogP contribution in [0.15, 0.2) is 28.8 Å². The van der Waals surface area contributed by atoms with E-state index in [0.717, 1.165) is 6.07 Å². The molecule has 0 radical (unpaired) electrons. The van der Waals surface area contributed by atoms with Gasteiger partial charge < -0.3 is 9.26 Å². The van der Waals surface area contributed by atoms with E-state index in [-0.39, 0.29) is 22.7 Å². The lowest BCUT2D eigenvalue weighted by Crippen LogP contribution is -2.17. The van der Waals surface area contributed by atoms with Crippen LogP contribution in [0.2, 0.25) is 0 Å². The van der Waals surface area contributed by atoms with Gasteiger partial charge in [0.05, 0.1) is 4.92 Å². The van der Waals surface area contributed by atoms with E-state index in [1.54, 1.807) is 0 Å². The number of alkyl halides is 3. The van der Waals surface area contributed by atoms with Gasteiger partial charge in [-0.2, -0.15) is 0 Å². The molecule has 0 amide bonds. The largest absolute Gasteiger partial charge is 0.573 e. The molecule has 0 aliphatic rings. The minimum absolute atomic E-state index is 0.00415. The van der Waals surface area contributed by atoms with Crippen molar-refractivity contribution < 1.29 is 27.4 Å². The molecule has 0 aliphatic carbocycles. The first-order valence-electron chi connectivity index (χ1n) is 5.91. The number of halogens is 3. The van der Waals surface area contributed by atoms with Gasteiger partial charge in [-0.25, -0.2) is 0 Å². The Balaban J connectivity index is 2.34. The topological polar surface area (TPSA) is 78.4 Å². The van der Waals surface area contributed by atoms with Crippen molar-refractivity contribution in [1.29, 1.82) is 0 Å². The van der Waals surface area contributed by atoms with Gasteiger partial charge in [-0.15, -0.1) is 13.2 Å². The van der Waals surface area contributed by atoms with Crippen LogP contribution in [-0.2, 0) is 0 Å². The number of rotatable bonds is 4. The fourth-order valence-electron chi connectivity index (χ4n) is 1.72. The predicted octanol–water partition coefficient (Wildman–Crippen LogP) is 3.96. The Morgan fingerprint density at radius 2 is 2.00 bits per heavy atom. The van der Waals surface area contributed by atoms with Crippen LogP contribution < -0.4 is 4.74 Å². The number of nitro groups is 1. The fourth-order valence-corrected chi connectivity index (χ4v) is 1.72. The average Bonchev–Trinajstić information content (AvgIpc) is 2.77. The van der Waals surface area contributed by atoms with Gasteiger partial charge in [0.1, 0.15) is 5.75 Å². The van der Waals surface area contributed by atoms with Gasteiger partial charge in [-0.1, -0.05) is 23.4 Å². The van der Waals surface area contributed by atoms with E-state index in [2.05, 4.69) is 9.89 Å². The second-order valence-corrected chi connectivity index (χ2v) is 4.15. The molecule has 0 bridgehead atoms. The van der Waals surface area contributed by atoms with Gasteiger partial charge in [0.25, 0.3) is 0 Å². The summed E-state index contributed by atoms with van der Waals surface area (Å²) in [5.41, 5.74) is -0.343. The van der Waals surface area contributed by atoms with E-state index in [4.69, 9.17) is 4.52 Å². The van der Waals surface area contributed by atoms with E-state index in [1.165, 1.54) is 37.3 Å². The summed E-state index contributed by atoms with van der Waals surface area (Å²) in [6.45, 7) is 1.36. The van der Waals surface area contributed by atoms with Crippen LogP contribution in [0.5, 0.6) is 5.75 Å². The van der Waals surface area contributed by atoms with Crippen molar-refractivity contribution >= 4 is 17.8 Å². The molecule has 9 heteroatoms. The number of nitrogens with zero attached hydrogens (tertiary/aromatic N) is 2. The lowest BCUT2D eigenvalue weighted by Gasteiger charge is -2.10. The van der Waals surface area contributed by atoms with Gasteiger partial charge in [0.15, 0.2) is 5.69 Å². The van der Waals surface area contributed by atoms with E-state index < -0.39 is 17.0 Å². The third-order valence-electron chi connectivity index (χ3n) is 2.61. The van der Waals surface area contributed by atoms with E-state index in [0.29, 0.717) is 0 Å². The normalized spacial score (nSPS) is 11.8. The quantitative estimate of drug-likeness (QED) is 0.630. The summed E-state index contributed by atoms with van der Waals surface area (Å²) < 4.78 is 45.5. The molecule has 0 aliphatic heterocycles. The number of hydrogen-bond donors (Lipinski definition) is 0. The number of para-hydroxylation sites is 1. The van der Waals surface area contributed by atoms with Crippen LogP contribution in [0, 0.1) is 17.0 Å². The molecule has 1 aromatic heterocycles. The maximum atomic E-state index is 12.3. The molecule has 1 aromatic carbocycles. The van der Waals surface area contributed by atoms with Crippen LogP contribution in [0.25, 0.3) is 12.2 Å². The van der Waals surface area contributed by atoms with E-state index in [1.807, 2.05) is 0 Å². The maximum Gasteiger partial charge on any atom is 0.573 e. The molecule has 116 valence electrons. The third-order valence-corrected chi connectivity index (χ3v) is 2.61. The molecule has 0 N–H and O–H groups in total. The van der Waals surface area contributed by atoms with E-state index >= 15 is 0 Å². The molecule has 0 unspecified atom stereocenters. The Labute approximate surface area is 121 Å². The molecule has 1 heterocycles. The number of aromatic nitrogens is 1. The van der Waals surface area contributed by atoms with Gasteiger partial charge in [-0.05, 0) is 18.2 Å². The number of benzene rings is 1. The van der Waals surface area contributed by atoms with Crippen molar-refractivity contribution in [1.82, 2.24) is 5.16 Å². The zero-order valence-corrected chi connectivity index (χ0v) is 11.1. The molecule has 0 saturated carbocycles. The van der Waals surface area contributed by atoms with Crippen molar-refractivity contribution in [2.45, 2.75) is 13.3 Å². The molecule has 6 nitrogen and oxygen atoms in total. The van der Waals surface area contributed by atoms with Crippen LogP contribution in [0.3, 0.4) is 0 Å². The highest BCUT2D eigenvalue weighted by atomic mass is 19.4. The minimum atomic E-state index is -4.83. The SMILES string of the molecule is Cc1onc(/C=C/c2ccccc2OC(F)(F)F)c1[N+](=O)[O-]. The molecule has 0 atom stereocenters. The summed E-state index contributed by atoms with van der Waals surface area (Å²) in [6.07, 6.45) is -2.42. The Morgan fingerprint density at radius 3 is 2.64 bits per heavy atom. The lowest BCUT2D eigenvalue weighted by atomic mass is 10.1. The summed E-state index contributed by atoms with van der Waals surface area (Å²) in [5, 5.41) is 14.4.